The second-order valence-electron chi connectivity index (χ2n) is 4.30. The lowest BCUT2D eigenvalue weighted by atomic mass is 10.1. The summed E-state index contributed by atoms with van der Waals surface area (Å²) in [5.41, 5.74) is 6.42. The maximum absolute atomic E-state index is 13.5. The molecule has 2 aromatic rings. The monoisotopic (exact) mass is 290 g/mol. The molecule has 0 spiro atoms. The van der Waals surface area contributed by atoms with Crippen molar-refractivity contribution < 1.29 is 9.13 Å². The van der Waals surface area contributed by atoms with Crippen LogP contribution in [0.2, 0.25) is 5.02 Å². The number of nitrogens with zero attached hydrogens (tertiary/aromatic N) is 1. The SMILES string of the molecule is CC(N)c1ccc(Oc2cccc(F)c2C#N)cc1Cl. The molecule has 20 heavy (non-hydrogen) atoms. The van der Waals surface area contributed by atoms with Crippen LogP contribution in [0.5, 0.6) is 11.5 Å². The summed E-state index contributed by atoms with van der Waals surface area (Å²) in [5.74, 6) is -0.0538. The molecule has 0 fully saturated rings. The fraction of sp³-hybridized carbons (Fsp3) is 0.133. The molecule has 0 aliphatic carbocycles. The summed E-state index contributed by atoms with van der Waals surface area (Å²) in [5, 5.41) is 9.40. The molecule has 0 heterocycles. The Morgan fingerprint density at radius 2 is 2.10 bits per heavy atom. The second-order valence-corrected chi connectivity index (χ2v) is 4.71. The molecule has 2 rings (SSSR count). The number of hydrogen-bond donors (Lipinski definition) is 1. The molecule has 0 saturated heterocycles. The van der Waals surface area contributed by atoms with Crippen molar-refractivity contribution in [3.63, 3.8) is 0 Å². The summed E-state index contributed by atoms with van der Waals surface area (Å²) in [7, 11) is 0. The van der Waals surface area contributed by atoms with Crippen molar-refractivity contribution >= 4 is 11.6 Å². The molecular weight excluding hydrogens is 279 g/mol. The van der Waals surface area contributed by atoms with Crippen LogP contribution in [0.25, 0.3) is 0 Å². The zero-order valence-electron chi connectivity index (χ0n) is 10.7. The van der Waals surface area contributed by atoms with Crippen molar-refractivity contribution in [2.75, 3.05) is 0 Å². The normalized spacial score (nSPS) is 11.8. The van der Waals surface area contributed by atoms with Gasteiger partial charge >= 0.3 is 0 Å². The van der Waals surface area contributed by atoms with Crippen molar-refractivity contribution in [2.24, 2.45) is 5.73 Å². The molecule has 0 bridgehead atoms. The Bertz CT molecular complexity index is 680. The summed E-state index contributed by atoms with van der Waals surface area (Å²) in [6.45, 7) is 1.82. The molecule has 0 saturated carbocycles. The quantitative estimate of drug-likeness (QED) is 0.923. The van der Waals surface area contributed by atoms with E-state index in [0.29, 0.717) is 10.8 Å². The summed E-state index contributed by atoms with van der Waals surface area (Å²) in [4.78, 5) is 0. The van der Waals surface area contributed by atoms with E-state index in [-0.39, 0.29) is 17.4 Å². The van der Waals surface area contributed by atoms with Crippen LogP contribution in [0.1, 0.15) is 24.1 Å². The van der Waals surface area contributed by atoms with Crippen LogP contribution in [0.4, 0.5) is 4.39 Å². The summed E-state index contributed by atoms with van der Waals surface area (Å²) in [6, 6.07) is 10.8. The van der Waals surface area contributed by atoms with Crippen LogP contribution in [0.3, 0.4) is 0 Å². The third-order valence-electron chi connectivity index (χ3n) is 2.78. The van der Waals surface area contributed by atoms with E-state index in [0.717, 1.165) is 5.56 Å². The smallest absolute Gasteiger partial charge is 0.148 e. The van der Waals surface area contributed by atoms with Gasteiger partial charge in [-0.1, -0.05) is 23.7 Å². The lowest BCUT2D eigenvalue weighted by molar-refractivity contribution is 0.474. The third-order valence-corrected chi connectivity index (χ3v) is 3.10. The fourth-order valence-electron chi connectivity index (χ4n) is 1.77. The molecule has 5 heteroatoms. The number of nitriles is 1. The Balaban J connectivity index is 2.34. The Hall–Kier alpha value is -2.09. The fourth-order valence-corrected chi connectivity index (χ4v) is 2.11. The first kappa shape index (κ1) is 14.3. The van der Waals surface area contributed by atoms with Gasteiger partial charge in [-0.25, -0.2) is 4.39 Å². The van der Waals surface area contributed by atoms with Gasteiger partial charge in [-0.05, 0) is 36.8 Å². The van der Waals surface area contributed by atoms with E-state index in [1.165, 1.54) is 18.2 Å². The molecule has 102 valence electrons. The van der Waals surface area contributed by atoms with E-state index in [2.05, 4.69) is 0 Å². The minimum absolute atomic E-state index is 0.139. The zero-order valence-corrected chi connectivity index (χ0v) is 11.5. The van der Waals surface area contributed by atoms with E-state index < -0.39 is 5.82 Å². The molecule has 0 radical (unpaired) electrons. The van der Waals surface area contributed by atoms with Gasteiger partial charge in [-0.2, -0.15) is 5.26 Å². The minimum atomic E-state index is -0.622. The number of ether oxygens (including phenoxy) is 1. The Kier molecular flexibility index (Phi) is 4.23. The van der Waals surface area contributed by atoms with Gasteiger partial charge in [0.05, 0.1) is 0 Å². The average molecular weight is 291 g/mol. The van der Waals surface area contributed by atoms with Crippen LogP contribution in [0.15, 0.2) is 36.4 Å². The van der Waals surface area contributed by atoms with Gasteiger partial charge in [0.2, 0.25) is 0 Å². The summed E-state index contributed by atoms with van der Waals surface area (Å²) < 4.78 is 19.0. The molecular formula is C15H12ClFN2O. The van der Waals surface area contributed by atoms with Crippen molar-refractivity contribution in [1.29, 1.82) is 5.26 Å². The van der Waals surface area contributed by atoms with E-state index >= 15 is 0 Å². The molecule has 0 aliphatic heterocycles. The van der Waals surface area contributed by atoms with Crippen molar-refractivity contribution in [1.82, 2.24) is 0 Å². The molecule has 2 aromatic carbocycles. The molecule has 0 aromatic heterocycles. The van der Waals surface area contributed by atoms with Crippen molar-refractivity contribution in [3.8, 4) is 17.6 Å². The largest absolute Gasteiger partial charge is 0.456 e. The Labute approximate surface area is 121 Å². The lowest BCUT2D eigenvalue weighted by Crippen LogP contribution is -2.05. The highest BCUT2D eigenvalue weighted by atomic mass is 35.5. The van der Waals surface area contributed by atoms with Crippen LogP contribution in [0, 0.1) is 17.1 Å². The topological polar surface area (TPSA) is 59.0 Å². The first-order valence-corrected chi connectivity index (χ1v) is 6.32. The summed E-state index contributed by atoms with van der Waals surface area (Å²) >= 11 is 6.10. The molecule has 1 atom stereocenters. The van der Waals surface area contributed by atoms with Gasteiger partial charge < -0.3 is 10.5 Å². The van der Waals surface area contributed by atoms with Crippen molar-refractivity contribution in [3.05, 3.63) is 58.4 Å². The van der Waals surface area contributed by atoms with Gasteiger partial charge in [0.1, 0.15) is 28.9 Å². The van der Waals surface area contributed by atoms with Gasteiger partial charge in [0.25, 0.3) is 0 Å². The molecule has 3 nitrogen and oxygen atoms in total. The maximum Gasteiger partial charge on any atom is 0.148 e. The first-order chi connectivity index (χ1) is 9.52. The van der Waals surface area contributed by atoms with Gasteiger partial charge in [0.15, 0.2) is 0 Å². The molecule has 1 unspecified atom stereocenters. The number of halogens is 2. The van der Waals surface area contributed by atoms with Gasteiger partial charge in [-0.3, -0.25) is 0 Å². The van der Waals surface area contributed by atoms with Gasteiger partial charge in [0, 0.05) is 11.1 Å². The maximum atomic E-state index is 13.5. The number of benzene rings is 2. The van der Waals surface area contributed by atoms with E-state index in [9.17, 15) is 4.39 Å². The Morgan fingerprint density at radius 1 is 1.35 bits per heavy atom. The van der Waals surface area contributed by atoms with Crippen molar-refractivity contribution in [2.45, 2.75) is 13.0 Å². The highest BCUT2D eigenvalue weighted by Crippen LogP contribution is 2.31. The van der Waals surface area contributed by atoms with Crippen LogP contribution in [-0.2, 0) is 0 Å². The summed E-state index contributed by atoms with van der Waals surface area (Å²) in [6.07, 6.45) is 0. The Morgan fingerprint density at radius 3 is 2.70 bits per heavy atom. The second kappa shape index (κ2) is 5.91. The van der Waals surface area contributed by atoms with Crippen LogP contribution in [-0.4, -0.2) is 0 Å². The highest BCUT2D eigenvalue weighted by molar-refractivity contribution is 6.31. The molecule has 0 aliphatic rings. The number of nitrogens with two attached hydrogens (primary N) is 1. The highest BCUT2D eigenvalue weighted by Gasteiger charge is 2.11. The van der Waals surface area contributed by atoms with Crippen LogP contribution >= 0.6 is 11.6 Å². The van der Waals surface area contributed by atoms with Crippen LogP contribution < -0.4 is 10.5 Å². The first-order valence-electron chi connectivity index (χ1n) is 5.94. The average Bonchev–Trinajstić information content (AvgIpc) is 2.38. The minimum Gasteiger partial charge on any atom is -0.456 e. The molecule has 0 amide bonds. The predicted molar refractivity (Wildman–Crippen MR) is 75.2 cm³/mol. The van der Waals surface area contributed by atoms with E-state index in [1.54, 1.807) is 24.3 Å². The zero-order chi connectivity index (χ0) is 14.7. The van der Waals surface area contributed by atoms with Gasteiger partial charge in [-0.15, -0.1) is 0 Å². The van der Waals surface area contributed by atoms with E-state index in [1.807, 2.05) is 6.92 Å². The predicted octanol–water partition coefficient (Wildman–Crippen LogP) is 4.16. The molecule has 2 N–H and O–H groups in total. The number of rotatable bonds is 3. The standard InChI is InChI=1S/C15H12ClFN2O/c1-9(19)11-6-5-10(7-13(11)16)20-15-4-2-3-14(17)12(15)8-18/h2-7,9H,19H2,1H3. The number of hydrogen-bond acceptors (Lipinski definition) is 3. The third kappa shape index (κ3) is 2.90. The van der Waals surface area contributed by atoms with E-state index in [4.69, 9.17) is 27.3 Å². The lowest BCUT2D eigenvalue weighted by Gasteiger charge is -2.12.